The van der Waals surface area contributed by atoms with Gasteiger partial charge in [0.25, 0.3) is 0 Å². The highest BCUT2D eigenvalue weighted by molar-refractivity contribution is 9.18. The summed E-state index contributed by atoms with van der Waals surface area (Å²) in [4.78, 5) is 5.70. The smallest absolute Gasteiger partial charge is 0.155 e. The molecule has 0 aromatic carbocycles. The van der Waals surface area contributed by atoms with Gasteiger partial charge in [0.15, 0.2) is 5.60 Å². The van der Waals surface area contributed by atoms with Crippen LogP contribution in [0.2, 0.25) is 0 Å². The molecule has 0 aromatic rings. The predicted molar refractivity (Wildman–Crippen MR) is 62.9 cm³/mol. The van der Waals surface area contributed by atoms with Crippen LogP contribution in [0.25, 0.3) is 0 Å². The molecule has 1 unspecified atom stereocenters. The lowest BCUT2D eigenvalue weighted by Gasteiger charge is -2.47. The number of nitrogens with zero attached hydrogens (tertiary/aromatic N) is 2. The Balaban J connectivity index is 0.000000963. The van der Waals surface area contributed by atoms with Gasteiger partial charge in [-0.2, -0.15) is 0 Å². The fourth-order valence-corrected chi connectivity index (χ4v) is 4.24. The second kappa shape index (κ2) is 4.09. The van der Waals surface area contributed by atoms with Crippen molar-refractivity contribution in [3.8, 4) is 0 Å². The van der Waals surface area contributed by atoms with Crippen LogP contribution in [0, 0.1) is 0 Å². The van der Waals surface area contributed by atoms with E-state index in [-0.39, 0.29) is 29.6 Å². The van der Waals surface area contributed by atoms with Crippen molar-refractivity contribution in [2.75, 3.05) is 14.1 Å². The van der Waals surface area contributed by atoms with Crippen LogP contribution in [0.1, 0.15) is 32.1 Å². The zero-order valence-electron chi connectivity index (χ0n) is 9.75. The first-order chi connectivity index (χ1) is 7.02. The molecule has 16 heavy (non-hydrogen) atoms. The highest BCUT2D eigenvalue weighted by atomic mass is 127. The van der Waals surface area contributed by atoms with Gasteiger partial charge in [0, 0.05) is 32.1 Å². The minimum Gasteiger partial charge on any atom is -1.00 e. The maximum Gasteiger partial charge on any atom is 0.155 e. The van der Waals surface area contributed by atoms with Gasteiger partial charge in [-0.1, -0.05) is 5.16 Å². The molecule has 0 aliphatic carbocycles. The van der Waals surface area contributed by atoms with Crippen LogP contribution in [0.4, 0.5) is 0 Å². The van der Waals surface area contributed by atoms with E-state index in [0.717, 1.165) is 23.1 Å². The van der Waals surface area contributed by atoms with Gasteiger partial charge in [-0.25, -0.2) is 0 Å². The summed E-state index contributed by atoms with van der Waals surface area (Å²) in [6.07, 6.45) is 6.06. The zero-order chi connectivity index (χ0) is 10.7. The first kappa shape index (κ1) is 13.1. The van der Waals surface area contributed by atoms with Gasteiger partial charge in [0.2, 0.25) is 0 Å². The summed E-state index contributed by atoms with van der Waals surface area (Å²) in [5.74, 6) is 0. The van der Waals surface area contributed by atoms with Gasteiger partial charge in [0.1, 0.15) is 4.62 Å². The van der Waals surface area contributed by atoms with Crippen molar-refractivity contribution < 1.29 is 33.3 Å². The van der Waals surface area contributed by atoms with E-state index in [2.05, 4.69) is 35.2 Å². The molecule has 3 rings (SSSR count). The number of piperidine rings is 1. The Bertz CT molecular complexity index is 316. The van der Waals surface area contributed by atoms with Gasteiger partial charge in [0.05, 0.1) is 26.2 Å². The van der Waals surface area contributed by atoms with E-state index in [9.17, 15) is 0 Å². The van der Waals surface area contributed by atoms with Crippen LogP contribution in [0.5, 0.6) is 0 Å². The molecule has 0 aromatic heterocycles. The molecule has 3 aliphatic rings. The molecule has 0 radical (unpaired) electrons. The Kier molecular flexibility index (Phi) is 3.34. The van der Waals surface area contributed by atoms with E-state index in [1.54, 1.807) is 0 Å². The third-order valence-corrected chi connectivity index (χ3v) is 5.16. The third kappa shape index (κ3) is 1.82. The highest BCUT2D eigenvalue weighted by Crippen LogP contribution is 2.48. The maximum atomic E-state index is 5.70. The summed E-state index contributed by atoms with van der Waals surface area (Å²) < 4.78 is 2.19. The standard InChI is InChI=1S/C11H18BrN2O.HI/c1-14(2)8-3-4-9(14)6-11(5-8)7-10(12)13-15-11;/h8-9H,3-7H2,1-2H3;1H/q+1;/p-1/t8-,9+,11?;. The Morgan fingerprint density at radius 3 is 2.31 bits per heavy atom. The molecule has 5 heteroatoms. The third-order valence-electron chi connectivity index (χ3n) is 4.74. The lowest BCUT2D eigenvalue weighted by Crippen LogP contribution is -3.00. The van der Waals surface area contributed by atoms with E-state index in [0.29, 0.717) is 0 Å². The van der Waals surface area contributed by atoms with Gasteiger partial charge < -0.3 is 33.3 Å². The summed E-state index contributed by atoms with van der Waals surface area (Å²) in [5.41, 5.74) is 0.0401. The van der Waals surface area contributed by atoms with Crippen LogP contribution in [-0.2, 0) is 4.84 Å². The summed E-state index contributed by atoms with van der Waals surface area (Å²) >= 11 is 3.46. The molecular weight excluding hydrogens is 383 g/mol. The quantitative estimate of drug-likeness (QED) is 0.387. The van der Waals surface area contributed by atoms with E-state index in [1.165, 1.54) is 30.2 Å². The molecule has 2 fully saturated rings. The minimum atomic E-state index is 0. The van der Waals surface area contributed by atoms with Crippen LogP contribution >= 0.6 is 15.9 Å². The summed E-state index contributed by atoms with van der Waals surface area (Å²) in [6.45, 7) is 0. The van der Waals surface area contributed by atoms with Crippen LogP contribution in [0.15, 0.2) is 5.16 Å². The number of fused-ring (bicyclic) bond motifs is 2. The molecule has 3 nitrogen and oxygen atoms in total. The molecule has 3 heterocycles. The minimum absolute atomic E-state index is 0. The lowest BCUT2D eigenvalue weighted by atomic mass is 9.83. The van der Waals surface area contributed by atoms with Crippen molar-refractivity contribution in [2.24, 2.45) is 5.16 Å². The highest BCUT2D eigenvalue weighted by Gasteiger charge is 2.57. The largest absolute Gasteiger partial charge is 1.00 e. The molecule has 3 aliphatic heterocycles. The zero-order valence-corrected chi connectivity index (χ0v) is 13.5. The van der Waals surface area contributed by atoms with Crippen molar-refractivity contribution in [1.82, 2.24) is 0 Å². The number of hydrogen-bond acceptors (Lipinski definition) is 2. The topological polar surface area (TPSA) is 21.6 Å². The fourth-order valence-electron chi connectivity index (χ4n) is 3.66. The first-order valence-electron chi connectivity index (χ1n) is 5.76. The van der Waals surface area contributed by atoms with Crippen molar-refractivity contribution in [1.29, 1.82) is 0 Å². The first-order valence-corrected chi connectivity index (χ1v) is 6.55. The molecule has 3 atom stereocenters. The number of quaternary nitrogens is 1. The Morgan fingerprint density at radius 2 is 1.88 bits per heavy atom. The predicted octanol–water partition coefficient (Wildman–Crippen LogP) is -0.741. The van der Waals surface area contributed by atoms with Gasteiger partial charge in [-0.15, -0.1) is 0 Å². The summed E-state index contributed by atoms with van der Waals surface area (Å²) in [6, 6.07) is 1.55. The molecule has 0 amide bonds. The monoisotopic (exact) mass is 400 g/mol. The van der Waals surface area contributed by atoms with Gasteiger partial charge in [-0.05, 0) is 15.9 Å². The summed E-state index contributed by atoms with van der Waals surface area (Å²) in [7, 11) is 4.75. The normalized spacial score (nSPS) is 43.8. The van der Waals surface area contributed by atoms with Crippen molar-refractivity contribution in [3.63, 3.8) is 0 Å². The second-order valence-corrected chi connectivity index (χ2v) is 6.76. The Morgan fingerprint density at radius 1 is 1.31 bits per heavy atom. The number of oxime groups is 1. The van der Waals surface area contributed by atoms with Crippen molar-refractivity contribution >= 4 is 20.6 Å². The SMILES string of the molecule is C[N+]1(C)[C@@H]2CC[C@H]1CC1(CC(Br)=NO1)C2.[I-]. The van der Waals surface area contributed by atoms with Crippen LogP contribution in [-0.4, -0.2) is 40.9 Å². The Hall–Kier alpha value is 0.640. The average Bonchev–Trinajstić information content (AvgIpc) is 2.55. The van der Waals surface area contributed by atoms with Crippen molar-refractivity contribution in [3.05, 3.63) is 0 Å². The molecule has 0 N–H and O–H groups in total. The van der Waals surface area contributed by atoms with Crippen LogP contribution in [0.3, 0.4) is 0 Å². The lowest BCUT2D eigenvalue weighted by molar-refractivity contribution is -0.932. The number of halogens is 2. The molecule has 92 valence electrons. The number of hydrogen-bond donors (Lipinski definition) is 0. The maximum absolute atomic E-state index is 5.70. The van der Waals surface area contributed by atoms with E-state index in [4.69, 9.17) is 4.84 Å². The van der Waals surface area contributed by atoms with E-state index >= 15 is 0 Å². The van der Waals surface area contributed by atoms with E-state index in [1.807, 2.05) is 0 Å². The molecular formula is C11H18BrIN2O. The second-order valence-electron chi connectivity index (χ2n) is 5.84. The molecule has 2 bridgehead atoms. The molecule has 0 saturated carbocycles. The fraction of sp³-hybridized carbons (Fsp3) is 0.909. The number of rotatable bonds is 0. The average molecular weight is 401 g/mol. The van der Waals surface area contributed by atoms with Gasteiger partial charge >= 0.3 is 0 Å². The molecule has 1 spiro atoms. The van der Waals surface area contributed by atoms with E-state index < -0.39 is 0 Å². The Labute approximate surface area is 122 Å². The van der Waals surface area contributed by atoms with Crippen molar-refractivity contribution in [2.45, 2.75) is 49.8 Å². The molecule has 2 saturated heterocycles. The van der Waals surface area contributed by atoms with Gasteiger partial charge in [-0.3, -0.25) is 0 Å². The summed E-state index contributed by atoms with van der Waals surface area (Å²) in [5, 5.41) is 4.08. The van der Waals surface area contributed by atoms with Crippen LogP contribution < -0.4 is 24.0 Å².